The second-order valence-electron chi connectivity index (χ2n) is 7.82. The van der Waals surface area contributed by atoms with Crippen LogP contribution in [-0.2, 0) is 0 Å². The van der Waals surface area contributed by atoms with Crippen LogP contribution in [0.3, 0.4) is 0 Å². The molecule has 0 amide bonds. The Labute approximate surface area is 190 Å². The first-order valence-corrected chi connectivity index (χ1v) is 11.4. The molecule has 0 aliphatic carbocycles. The van der Waals surface area contributed by atoms with E-state index in [4.69, 9.17) is 16.3 Å². The van der Waals surface area contributed by atoms with Crippen molar-refractivity contribution in [2.24, 2.45) is 0 Å². The number of pyridine rings is 1. The second-order valence-corrected chi connectivity index (χ2v) is 9.31. The van der Waals surface area contributed by atoms with Gasteiger partial charge < -0.3 is 14.7 Å². The quantitative estimate of drug-likeness (QED) is 0.192. The summed E-state index contributed by atoms with van der Waals surface area (Å²) in [5.41, 5.74) is -0.197. The van der Waals surface area contributed by atoms with E-state index < -0.39 is 10.5 Å². The number of hydrogen-bond donors (Lipinski definition) is 0. The number of ether oxygens (including phenoxy) is 1. The molecule has 11 heteroatoms. The first-order chi connectivity index (χ1) is 15.4. The Morgan fingerprint density at radius 1 is 1.25 bits per heavy atom. The number of nitrogens with zero attached hydrogens (tertiary/aromatic N) is 4. The first-order valence-electron chi connectivity index (χ1n) is 10.2. The van der Waals surface area contributed by atoms with Crippen molar-refractivity contribution in [1.82, 2.24) is 9.47 Å². The summed E-state index contributed by atoms with van der Waals surface area (Å²) in [6.45, 7) is 1.69. The summed E-state index contributed by atoms with van der Waals surface area (Å²) in [5.74, 6) is 0.489. The lowest BCUT2D eigenvalue weighted by Gasteiger charge is -2.28. The Bertz CT molecular complexity index is 1460. The zero-order chi connectivity index (χ0) is 22.6. The Balaban J connectivity index is 1.89. The molecule has 0 saturated carbocycles. The van der Waals surface area contributed by atoms with Crippen molar-refractivity contribution >= 4 is 49.3 Å². The first kappa shape index (κ1) is 20.9. The minimum Gasteiger partial charge on any atom is -0.872 e. The van der Waals surface area contributed by atoms with Gasteiger partial charge in [-0.1, -0.05) is 23.8 Å². The average molecular weight is 475 g/mol. The van der Waals surface area contributed by atoms with E-state index >= 15 is 0 Å². The standard InChI is InChI=1S/C21H19ClN4O5S/c1-31-16-9-17-14(8-13(16)22)25-20-18(32-17)7-12(26(29)30)10-24(20)19(21(25)28)15(27)11-23-5-3-2-4-6-23/h7-10H,2-6,11H2,1H3. The van der Waals surface area contributed by atoms with E-state index in [1.54, 1.807) is 12.1 Å². The minimum absolute atomic E-state index is 0.0871. The van der Waals surface area contributed by atoms with Gasteiger partial charge in [0.2, 0.25) is 5.35 Å². The molecule has 2 aromatic rings. The molecule has 32 heavy (non-hydrogen) atoms. The van der Waals surface area contributed by atoms with Crippen molar-refractivity contribution in [3.63, 3.8) is 0 Å². The zero-order valence-electron chi connectivity index (χ0n) is 17.2. The summed E-state index contributed by atoms with van der Waals surface area (Å²) in [6, 6.07) is 4.72. The molecule has 0 spiro atoms. The van der Waals surface area contributed by atoms with E-state index in [9.17, 15) is 20.0 Å². The number of benzene rings is 1. The molecule has 0 radical (unpaired) electrons. The molecule has 1 fully saturated rings. The van der Waals surface area contributed by atoms with Gasteiger partial charge in [0, 0.05) is 24.7 Å². The van der Waals surface area contributed by atoms with Gasteiger partial charge in [-0.05, 0) is 25.9 Å². The molecular weight excluding hydrogens is 456 g/mol. The second kappa shape index (κ2) is 7.88. The smallest absolute Gasteiger partial charge is 0.385 e. The molecule has 0 unspecified atom stereocenters. The molecule has 166 valence electrons. The number of likely N-dealkylation sites (tertiary alicyclic amines) is 1. The number of methoxy groups -OCH3 is 1. The highest BCUT2D eigenvalue weighted by Gasteiger charge is 2.32. The van der Waals surface area contributed by atoms with E-state index in [1.165, 1.54) is 39.7 Å². The van der Waals surface area contributed by atoms with Crippen LogP contribution in [0.4, 0.5) is 5.69 Å². The van der Waals surface area contributed by atoms with Gasteiger partial charge >= 0.3 is 17.1 Å². The topological polar surface area (TPSA) is 105 Å². The van der Waals surface area contributed by atoms with E-state index in [0.29, 0.717) is 31.5 Å². The third-order valence-electron chi connectivity index (χ3n) is 5.83. The van der Waals surface area contributed by atoms with Gasteiger partial charge in [0.15, 0.2) is 11.7 Å². The van der Waals surface area contributed by atoms with Gasteiger partial charge in [0.25, 0.3) is 0 Å². The van der Waals surface area contributed by atoms with Crippen LogP contribution in [0.25, 0.3) is 26.5 Å². The fourth-order valence-electron chi connectivity index (χ4n) is 4.34. The predicted molar refractivity (Wildman–Crippen MR) is 119 cm³/mol. The van der Waals surface area contributed by atoms with Gasteiger partial charge in [-0.2, -0.15) is 8.97 Å². The maximum Gasteiger partial charge on any atom is 0.385 e. The molecular formula is C21H19ClN4O5S. The molecule has 0 atom stereocenters. The number of rotatable bonds is 4. The summed E-state index contributed by atoms with van der Waals surface area (Å²) in [6.07, 6.45) is 4.38. The SMILES string of the molecule is COc1cc2sc3cc([N+](=O)[O-])c[n+]4c3-n(c(=O)/c4=C(\[O-])CN3CCCCC3)c2cc1Cl. The fraction of sp³-hybridized carbons (Fsp3) is 0.333. The summed E-state index contributed by atoms with van der Waals surface area (Å²) in [5, 5.41) is 25.1. The van der Waals surface area contributed by atoms with Crippen LogP contribution in [0.1, 0.15) is 19.3 Å². The highest BCUT2D eigenvalue weighted by Crippen LogP contribution is 2.36. The van der Waals surface area contributed by atoms with Gasteiger partial charge in [0.05, 0.1) is 21.8 Å². The number of hydrogen-bond acceptors (Lipinski definition) is 7. The fourth-order valence-corrected chi connectivity index (χ4v) is 5.70. The van der Waals surface area contributed by atoms with E-state index in [-0.39, 0.29) is 23.3 Å². The Kier molecular flexibility index (Phi) is 5.15. The third-order valence-corrected chi connectivity index (χ3v) is 7.19. The van der Waals surface area contributed by atoms with Crippen LogP contribution in [-0.4, -0.2) is 41.1 Å². The summed E-state index contributed by atoms with van der Waals surface area (Å²) >= 11 is 7.59. The monoisotopic (exact) mass is 474 g/mol. The van der Waals surface area contributed by atoms with E-state index in [0.717, 1.165) is 32.4 Å². The maximum absolute atomic E-state index is 13.5. The molecule has 1 saturated heterocycles. The number of imidazole rings is 1. The normalized spacial score (nSPS) is 16.2. The van der Waals surface area contributed by atoms with Crippen LogP contribution in [0.2, 0.25) is 5.02 Å². The van der Waals surface area contributed by atoms with E-state index in [1.807, 2.05) is 4.90 Å². The van der Waals surface area contributed by atoms with Crippen molar-refractivity contribution in [1.29, 1.82) is 0 Å². The Hall–Kier alpha value is -2.95. The summed E-state index contributed by atoms with van der Waals surface area (Å²) in [4.78, 5) is 26.6. The largest absolute Gasteiger partial charge is 0.872 e. The Morgan fingerprint density at radius 2 is 2.00 bits per heavy atom. The number of fused-ring (bicyclic) bond motifs is 2. The van der Waals surface area contributed by atoms with Crippen molar-refractivity contribution < 1.29 is 19.2 Å². The molecule has 9 nitrogen and oxygen atoms in total. The Morgan fingerprint density at radius 3 is 2.69 bits per heavy atom. The van der Waals surface area contributed by atoms with Gasteiger partial charge in [-0.25, -0.2) is 4.79 Å². The third kappa shape index (κ3) is 3.26. The van der Waals surface area contributed by atoms with Crippen molar-refractivity contribution in [3.8, 4) is 11.6 Å². The highest BCUT2D eigenvalue weighted by molar-refractivity contribution is 7.24. The average Bonchev–Trinajstić information content (AvgIpc) is 3.07. The summed E-state index contributed by atoms with van der Waals surface area (Å²) in [7, 11) is 1.49. The number of aromatic nitrogens is 2. The molecule has 3 aliphatic rings. The number of halogens is 1. The van der Waals surface area contributed by atoms with Crippen LogP contribution in [0.5, 0.6) is 5.75 Å². The molecule has 5 rings (SSSR count). The summed E-state index contributed by atoms with van der Waals surface area (Å²) < 4.78 is 9.24. The molecule has 0 bridgehead atoms. The number of piperidine rings is 1. The molecule has 0 N–H and O–H groups in total. The predicted octanol–water partition coefficient (Wildman–Crippen LogP) is 1.47. The molecule has 4 heterocycles. The van der Waals surface area contributed by atoms with Gasteiger partial charge in [0.1, 0.15) is 10.4 Å². The van der Waals surface area contributed by atoms with Crippen molar-refractivity contribution in [2.75, 3.05) is 26.7 Å². The molecule has 3 aliphatic heterocycles. The van der Waals surface area contributed by atoms with Crippen LogP contribution in [0.15, 0.2) is 29.2 Å². The van der Waals surface area contributed by atoms with Crippen LogP contribution >= 0.6 is 22.9 Å². The van der Waals surface area contributed by atoms with Gasteiger partial charge in [-0.15, -0.1) is 11.3 Å². The van der Waals surface area contributed by atoms with Crippen LogP contribution in [0, 0.1) is 10.1 Å². The molecule has 1 aromatic heterocycles. The number of nitro groups is 1. The van der Waals surface area contributed by atoms with Crippen LogP contribution < -0.4 is 25.2 Å². The molecule has 1 aromatic carbocycles. The zero-order valence-corrected chi connectivity index (χ0v) is 18.7. The highest BCUT2D eigenvalue weighted by atomic mass is 35.5. The van der Waals surface area contributed by atoms with E-state index in [2.05, 4.69) is 0 Å². The van der Waals surface area contributed by atoms with Crippen molar-refractivity contribution in [3.05, 3.63) is 55.2 Å². The van der Waals surface area contributed by atoms with Crippen molar-refractivity contribution in [2.45, 2.75) is 19.3 Å². The lowest BCUT2D eigenvalue weighted by atomic mass is 10.1. The van der Waals surface area contributed by atoms with Gasteiger partial charge in [-0.3, -0.25) is 10.1 Å². The lowest BCUT2D eigenvalue weighted by Crippen LogP contribution is -2.50. The lowest BCUT2D eigenvalue weighted by molar-refractivity contribution is -0.552. The minimum atomic E-state index is -0.526. The maximum atomic E-state index is 13.5.